The Morgan fingerprint density at radius 1 is 1.06 bits per heavy atom. The van der Waals surface area contributed by atoms with E-state index in [1.165, 1.54) is 6.92 Å². The lowest BCUT2D eigenvalue weighted by Crippen LogP contribution is -2.29. The van der Waals surface area contributed by atoms with E-state index >= 15 is 0 Å². The summed E-state index contributed by atoms with van der Waals surface area (Å²) in [7, 11) is 0. The van der Waals surface area contributed by atoms with Crippen LogP contribution >= 0.6 is 0 Å². The van der Waals surface area contributed by atoms with Gasteiger partial charge in [-0.1, -0.05) is 13.3 Å². The summed E-state index contributed by atoms with van der Waals surface area (Å²) in [6.45, 7) is 3.86. The number of hydrogen-bond donors (Lipinski definition) is 3. The van der Waals surface area contributed by atoms with E-state index in [0.29, 0.717) is 30.2 Å². The Labute approximate surface area is 193 Å². The standard InChI is InChI=1S/C24H28N6O3/c1-3-4-5-18-12-19(15-25)24(20(13-18)16-26)29-28-22-7-6-21(14-23(22)27-17(2)33)30(8-10-31)9-11-32/h6-7,12-14,31-32H,3-5,8-11H2,1-2H3,(H,27,33). The van der Waals surface area contributed by atoms with Crippen LogP contribution in [0.1, 0.15) is 43.4 Å². The molecule has 0 heterocycles. The van der Waals surface area contributed by atoms with Crippen molar-refractivity contribution in [3.63, 3.8) is 0 Å². The number of carbonyl (C=O) groups is 1. The fraction of sp³-hybridized carbons (Fsp3) is 0.375. The summed E-state index contributed by atoms with van der Waals surface area (Å²) in [5, 5.41) is 48.9. The van der Waals surface area contributed by atoms with Crippen LogP contribution in [-0.2, 0) is 11.2 Å². The molecule has 0 bridgehead atoms. The molecule has 2 aromatic carbocycles. The largest absolute Gasteiger partial charge is 0.395 e. The highest BCUT2D eigenvalue weighted by atomic mass is 16.3. The van der Waals surface area contributed by atoms with E-state index in [2.05, 4.69) is 34.6 Å². The highest BCUT2D eigenvalue weighted by Gasteiger charge is 2.13. The molecule has 0 aromatic heterocycles. The van der Waals surface area contributed by atoms with Crippen LogP contribution in [0, 0.1) is 22.7 Å². The predicted octanol–water partition coefficient (Wildman–Crippen LogP) is 3.94. The van der Waals surface area contributed by atoms with Crippen LogP contribution in [0.5, 0.6) is 0 Å². The molecule has 0 unspecified atom stereocenters. The van der Waals surface area contributed by atoms with Crippen LogP contribution in [0.3, 0.4) is 0 Å². The maximum absolute atomic E-state index is 11.7. The number of aliphatic hydroxyl groups excluding tert-OH is 2. The van der Waals surface area contributed by atoms with Gasteiger partial charge in [0.25, 0.3) is 0 Å². The van der Waals surface area contributed by atoms with Crippen LogP contribution in [0.2, 0.25) is 0 Å². The number of aryl methyl sites for hydroxylation is 1. The molecule has 0 saturated carbocycles. The lowest BCUT2D eigenvalue weighted by molar-refractivity contribution is -0.114. The van der Waals surface area contributed by atoms with Gasteiger partial charge in [0.1, 0.15) is 23.5 Å². The number of carbonyl (C=O) groups excluding carboxylic acids is 1. The first-order chi connectivity index (χ1) is 16.0. The monoisotopic (exact) mass is 448 g/mol. The Morgan fingerprint density at radius 3 is 2.21 bits per heavy atom. The van der Waals surface area contributed by atoms with Crippen LogP contribution in [-0.4, -0.2) is 42.4 Å². The Hall–Kier alpha value is -3.79. The van der Waals surface area contributed by atoms with E-state index in [1.807, 2.05) is 0 Å². The maximum Gasteiger partial charge on any atom is 0.221 e. The molecule has 0 aliphatic heterocycles. The van der Waals surface area contributed by atoms with Gasteiger partial charge in [0.15, 0.2) is 0 Å². The highest BCUT2D eigenvalue weighted by Crippen LogP contribution is 2.33. The number of nitriles is 2. The number of amides is 1. The molecule has 0 radical (unpaired) electrons. The van der Waals surface area contributed by atoms with Gasteiger partial charge in [0.05, 0.1) is 30.0 Å². The van der Waals surface area contributed by atoms with Crippen LogP contribution in [0.15, 0.2) is 40.6 Å². The SMILES string of the molecule is CCCCc1cc(C#N)c(N=Nc2ccc(N(CCO)CCO)cc2NC(C)=O)c(C#N)c1. The van der Waals surface area contributed by atoms with Crippen molar-refractivity contribution in [1.82, 2.24) is 0 Å². The second-order valence-electron chi connectivity index (χ2n) is 7.38. The van der Waals surface area contributed by atoms with Gasteiger partial charge in [0, 0.05) is 25.7 Å². The van der Waals surface area contributed by atoms with Crippen molar-refractivity contribution >= 4 is 28.7 Å². The zero-order chi connectivity index (χ0) is 24.2. The van der Waals surface area contributed by atoms with Gasteiger partial charge in [-0.15, -0.1) is 10.2 Å². The van der Waals surface area contributed by atoms with Crippen molar-refractivity contribution < 1.29 is 15.0 Å². The maximum atomic E-state index is 11.7. The average molecular weight is 449 g/mol. The predicted molar refractivity (Wildman–Crippen MR) is 126 cm³/mol. The summed E-state index contributed by atoms with van der Waals surface area (Å²) in [4.78, 5) is 13.5. The van der Waals surface area contributed by atoms with Crippen molar-refractivity contribution in [2.45, 2.75) is 33.1 Å². The first-order valence-corrected chi connectivity index (χ1v) is 10.7. The van der Waals surface area contributed by atoms with Crippen molar-refractivity contribution in [2.24, 2.45) is 10.2 Å². The molecule has 33 heavy (non-hydrogen) atoms. The van der Waals surface area contributed by atoms with E-state index < -0.39 is 0 Å². The summed E-state index contributed by atoms with van der Waals surface area (Å²) in [5.74, 6) is -0.310. The molecule has 2 aromatic rings. The minimum Gasteiger partial charge on any atom is -0.395 e. The molecule has 1 amide bonds. The van der Waals surface area contributed by atoms with Gasteiger partial charge < -0.3 is 20.4 Å². The fourth-order valence-corrected chi connectivity index (χ4v) is 3.31. The molecule has 0 aliphatic rings. The van der Waals surface area contributed by atoms with Crippen LogP contribution < -0.4 is 10.2 Å². The number of rotatable bonds is 11. The van der Waals surface area contributed by atoms with Gasteiger partial charge in [-0.25, -0.2) is 0 Å². The topological polar surface area (TPSA) is 145 Å². The number of benzene rings is 2. The molecule has 0 saturated heterocycles. The molecule has 0 fully saturated rings. The summed E-state index contributed by atoms with van der Waals surface area (Å²) in [6, 6.07) is 12.7. The summed E-state index contributed by atoms with van der Waals surface area (Å²) < 4.78 is 0. The summed E-state index contributed by atoms with van der Waals surface area (Å²) in [6.07, 6.45) is 2.72. The number of azo groups is 1. The first-order valence-electron chi connectivity index (χ1n) is 10.7. The fourth-order valence-electron chi connectivity index (χ4n) is 3.31. The molecule has 9 nitrogen and oxygen atoms in total. The zero-order valence-corrected chi connectivity index (χ0v) is 18.9. The highest BCUT2D eigenvalue weighted by molar-refractivity contribution is 5.93. The molecule has 2 rings (SSSR count). The Kier molecular flexibility index (Phi) is 9.97. The first kappa shape index (κ1) is 25.5. The lowest BCUT2D eigenvalue weighted by atomic mass is 10.0. The van der Waals surface area contributed by atoms with Crippen LogP contribution in [0.4, 0.5) is 22.7 Å². The molecular weight excluding hydrogens is 420 g/mol. The zero-order valence-electron chi connectivity index (χ0n) is 18.9. The molecule has 0 aliphatic carbocycles. The lowest BCUT2D eigenvalue weighted by Gasteiger charge is -2.23. The molecule has 172 valence electrons. The van der Waals surface area contributed by atoms with Crippen molar-refractivity contribution in [1.29, 1.82) is 10.5 Å². The minimum atomic E-state index is -0.310. The van der Waals surface area contributed by atoms with E-state index in [4.69, 9.17) is 0 Å². The second-order valence-corrected chi connectivity index (χ2v) is 7.38. The number of unbranched alkanes of at least 4 members (excludes halogenated alkanes) is 1. The summed E-state index contributed by atoms with van der Waals surface area (Å²) in [5.41, 5.74) is 3.00. The van der Waals surface area contributed by atoms with E-state index in [0.717, 1.165) is 24.8 Å². The molecule has 0 spiro atoms. The molecule has 0 atom stereocenters. The Bertz CT molecular complexity index is 1040. The van der Waals surface area contributed by atoms with Crippen molar-refractivity contribution in [2.75, 3.05) is 36.5 Å². The van der Waals surface area contributed by atoms with Gasteiger partial charge in [-0.05, 0) is 48.7 Å². The van der Waals surface area contributed by atoms with Gasteiger partial charge >= 0.3 is 0 Å². The molecular formula is C24H28N6O3. The van der Waals surface area contributed by atoms with Crippen molar-refractivity contribution in [3.05, 3.63) is 47.0 Å². The number of hydrogen-bond acceptors (Lipinski definition) is 8. The van der Waals surface area contributed by atoms with Gasteiger partial charge in [-0.3, -0.25) is 4.79 Å². The number of nitrogens with one attached hydrogen (secondary N) is 1. The normalized spacial score (nSPS) is 10.6. The molecule has 9 heteroatoms. The van der Waals surface area contributed by atoms with E-state index in [9.17, 15) is 25.5 Å². The summed E-state index contributed by atoms with van der Waals surface area (Å²) >= 11 is 0. The van der Waals surface area contributed by atoms with Crippen molar-refractivity contribution in [3.8, 4) is 12.1 Å². The molecule has 3 N–H and O–H groups in total. The third-order valence-corrected chi connectivity index (χ3v) is 4.88. The van der Waals surface area contributed by atoms with Crippen LogP contribution in [0.25, 0.3) is 0 Å². The van der Waals surface area contributed by atoms with Gasteiger partial charge in [0.2, 0.25) is 5.91 Å². The smallest absolute Gasteiger partial charge is 0.221 e. The average Bonchev–Trinajstić information content (AvgIpc) is 2.81. The second kappa shape index (κ2) is 12.9. The minimum absolute atomic E-state index is 0.0982. The Morgan fingerprint density at radius 2 is 1.70 bits per heavy atom. The Balaban J connectivity index is 2.49. The third-order valence-electron chi connectivity index (χ3n) is 4.88. The van der Waals surface area contributed by atoms with E-state index in [1.54, 1.807) is 35.2 Å². The quantitative estimate of drug-likeness (QED) is 0.444. The van der Waals surface area contributed by atoms with E-state index in [-0.39, 0.29) is 35.9 Å². The van der Waals surface area contributed by atoms with Gasteiger partial charge in [-0.2, -0.15) is 10.5 Å². The third kappa shape index (κ3) is 7.11. The number of aliphatic hydroxyl groups is 2. The number of anilines is 2. The number of nitrogens with zero attached hydrogens (tertiary/aromatic N) is 5.